The fraction of sp³-hybridized carbons (Fsp3) is 0.500. The first kappa shape index (κ1) is 22.3. The smallest absolute Gasteiger partial charge is 0.374 e. The maximum absolute atomic E-state index is 13.3. The first-order valence-corrected chi connectivity index (χ1v) is 11.1. The molecule has 12 nitrogen and oxygen atoms in total. The van der Waals surface area contributed by atoms with Crippen LogP contribution < -0.4 is 19.9 Å². The highest BCUT2D eigenvalue weighted by molar-refractivity contribution is 6.04. The van der Waals surface area contributed by atoms with E-state index in [-0.39, 0.29) is 18.0 Å². The molecule has 3 aliphatic rings. The van der Waals surface area contributed by atoms with E-state index in [4.69, 9.17) is 14.2 Å². The van der Waals surface area contributed by atoms with Gasteiger partial charge in [0.25, 0.3) is 0 Å². The SMILES string of the molecule is Cc1nc(C(=O)O)nc2c1N1CC[C@@H](C1)N2C(=O)Nc1cc(OC[C@H]2COC(C)(C)O2)ccn1. The molecule has 5 heterocycles. The molecule has 0 spiro atoms. The molecule has 0 unspecified atom stereocenters. The third kappa shape index (κ3) is 4.21. The van der Waals surface area contributed by atoms with Crippen LogP contribution in [-0.4, -0.2) is 76.3 Å². The number of hydrogen-bond donors (Lipinski definition) is 2. The van der Waals surface area contributed by atoms with Gasteiger partial charge in [0.2, 0.25) is 5.82 Å². The fourth-order valence-electron chi connectivity index (χ4n) is 4.55. The van der Waals surface area contributed by atoms with Crippen LogP contribution in [0.25, 0.3) is 0 Å². The van der Waals surface area contributed by atoms with Crippen molar-refractivity contribution in [1.29, 1.82) is 0 Å². The summed E-state index contributed by atoms with van der Waals surface area (Å²) in [5.74, 6) is -1.09. The molecule has 0 saturated carbocycles. The third-order valence-corrected chi connectivity index (χ3v) is 5.99. The van der Waals surface area contributed by atoms with Gasteiger partial charge < -0.3 is 24.2 Å². The topological polar surface area (TPSA) is 139 Å². The third-order valence-electron chi connectivity index (χ3n) is 5.99. The van der Waals surface area contributed by atoms with E-state index in [1.807, 2.05) is 13.8 Å². The summed E-state index contributed by atoms with van der Waals surface area (Å²) in [6.07, 6.45) is 2.09. The number of urea groups is 1. The van der Waals surface area contributed by atoms with Gasteiger partial charge in [0.1, 0.15) is 30.0 Å². The van der Waals surface area contributed by atoms with Gasteiger partial charge in [-0.25, -0.2) is 24.5 Å². The van der Waals surface area contributed by atoms with Crippen molar-refractivity contribution in [3.05, 3.63) is 29.8 Å². The summed E-state index contributed by atoms with van der Waals surface area (Å²) in [7, 11) is 0. The highest BCUT2D eigenvalue weighted by Crippen LogP contribution is 2.40. The predicted molar refractivity (Wildman–Crippen MR) is 120 cm³/mol. The number of carboxylic acid groups (broad SMARTS) is 1. The monoisotopic (exact) mass is 470 g/mol. The molecule has 2 bridgehead atoms. The normalized spacial score (nSPS) is 22.4. The molecule has 2 aromatic rings. The number of carbonyl (C=O) groups is 2. The van der Waals surface area contributed by atoms with Crippen molar-refractivity contribution in [2.75, 3.05) is 41.4 Å². The van der Waals surface area contributed by atoms with Crippen LogP contribution in [0, 0.1) is 6.92 Å². The Morgan fingerprint density at radius 2 is 2.18 bits per heavy atom. The summed E-state index contributed by atoms with van der Waals surface area (Å²) in [5.41, 5.74) is 1.20. The molecule has 2 fully saturated rings. The van der Waals surface area contributed by atoms with Crippen molar-refractivity contribution < 1.29 is 28.9 Å². The van der Waals surface area contributed by atoms with Gasteiger partial charge in [-0.1, -0.05) is 0 Å². The molecular formula is C22H26N6O6. The maximum Gasteiger partial charge on any atom is 0.374 e. The largest absolute Gasteiger partial charge is 0.491 e. The lowest BCUT2D eigenvalue weighted by Crippen LogP contribution is -2.49. The summed E-state index contributed by atoms with van der Waals surface area (Å²) in [6, 6.07) is 2.74. The second-order valence-corrected chi connectivity index (χ2v) is 8.94. The number of nitrogens with zero attached hydrogens (tertiary/aromatic N) is 5. The first-order valence-electron chi connectivity index (χ1n) is 11.1. The number of carbonyl (C=O) groups excluding carboxylic acids is 1. The van der Waals surface area contributed by atoms with Crippen molar-refractivity contribution in [3.63, 3.8) is 0 Å². The van der Waals surface area contributed by atoms with Gasteiger partial charge in [0.05, 0.1) is 18.3 Å². The summed E-state index contributed by atoms with van der Waals surface area (Å²) >= 11 is 0. The Morgan fingerprint density at radius 3 is 2.91 bits per heavy atom. The Labute approximate surface area is 195 Å². The zero-order chi connectivity index (χ0) is 24.0. The first-order chi connectivity index (χ1) is 16.2. The van der Waals surface area contributed by atoms with Gasteiger partial charge in [-0.15, -0.1) is 0 Å². The summed E-state index contributed by atoms with van der Waals surface area (Å²) in [4.78, 5) is 41.0. The number of aromatic nitrogens is 3. The minimum atomic E-state index is -1.24. The predicted octanol–water partition coefficient (Wildman–Crippen LogP) is 2.04. The van der Waals surface area contributed by atoms with E-state index < -0.39 is 17.8 Å². The number of aryl methyl sites for hydroxylation is 1. The van der Waals surface area contributed by atoms with Gasteiger partial charge >= 0.3 is 12.0 Å². The van der Waals surface area contributed by atoms with E-state index in [0.29, 0.717) is 48.5 Å². The number of ether oxygens (including phenoxy) is 3. The Balaban J connectivity index is 1.33. The minimum absolute atomic E-state index is 0.134. The average molecular weight is 470 g/mol. The number of carboxylic acids is 1. The van der Waals surface area contributed by atoms with Crippen molar-refractivity contribution in [2.24, 2.45) is 0 Å². The molecule has 180 valence electrons. The Bertz CT molecular complexity index is 1140. The summed E-state index contributed by atoms with van der Waals surface area (Å²) < 4.78 is 17.1. The number of amides is 2. The van der Waals surface area contributed by atoms with E-state index in [1.54, 1.807) is 19.1 Å². The van der Waals surface area contributed by atoms with Crippen molar-refractivity contribution >= 4 is 29.3 Å². The zero-order valence-corrected chi connectivity index (χ0v) is 19.1. The molecular weight excluding hydrogens is 444 g/mol. The van der Waals surface area contributed by atoms with Crippen molar-refractivity contribution in [2.45, 2.75) is 45.1 Å². The molecule has 0 radical (unpaired) electrons. The van der Waals surface area contributed by atoms with Gasteiger partial charge in [-0.2, -0.15) is 0 Å². The molecule has 2 N–H and O–H groups in total. The van der Waals surface area contributed by atoms with E-state index in [0.717, 1.165) is 13.0 Å². The fourth-order valence-corrected chi connectivity index (χ4v) is 4.55. The lowest BCUT2D eigenvalue weighted by Gasteiger charge is -2.36. The number of aromatic carboxylic acids is 1. The standard InChI is InChI=1S/C22H26N6O6/c1-12-17-19(26-18(24-12)20(29)30)28(13-5-7-27(17)9-13)21(31)25-16-8-14(4-6-23-16)32-10-15-11-33-22(2,3)34-15/h4,6,8,13,15H,5,7,9-11H2,1-3H3,(H,29,30)(H,23,25,31)/t13-,15-/m0/s1. The Morgan fingerprint density at radius 1 is 1.35 bits per heavy atom. The Hall–Kier alpha value is -3.51. The molecule has 2 saturated heterocycles. The van der Waals surface area contributed by atoms with Gasteiger partial charge in [-0.3, -0.25) is 10.2 Å². The number of pyridine rings is 1. The average Bonchev–Trinajstić information content (AvgIpc) is 3.35. The van der Waals surface area contributed by atoms with Crippen LogP contribution in [-0.2, 0) is 9.47 Å². The number of fused-ring (bicyclic) bond motifs is 4. The van der Waals surface area contributed by atoms with Crippen LogP contribution in [0.2, 0.25) is 0 Å². The van der Waals surface area contributed by atoms with Crippen LogP contribution in [0.5, 0.6) is 5.75 Å². The minimum Gasteiger partial charge on any atom is -0.491 e. The molecule has 0 aliphatic carbocycles. The number of hydrogen-bond acceptors (Lipinski definition) is 9. The molecule has 2 amide bonds. The van der Waals surface area contributed by atoms with Crippen LogP contribution in [0.1, 0.15) is 36.6 Å². The molecule has 2 aromatic heterocycles. The lowest BCUT2D eigenvalue weighted by atomic mass is 10.1. The van der Waals surface area contributed by atoms with Gasteiger partial charge in [0, 0.05) is 25.4 Å². The van der Waals surface area contributed by atoms with Gasteiger partial charge in [0.15, 0.2) is 11.6 Å². The molecule has 34 heavy (non-hydrogen) atoms. The quantitative estimate of drug-likeness (QED) is 0.667. The highest BCUT2D eigenvalue weighted by atomic mass is 16.7. The Kier molecular flexibility index (Phi) is 5.48. The van der Waals surface area contributed by atoms with E-state index in [1.165, 1.54) is 11.1 Å². The lowest BCUT2D eigenvalue weighted by molar-refractivity contribution is -0.141. The molecule has 0 aromatic carbocycles. The van der Waals surface area contributed by atoms with Crippen molar-refractivity contribution in [3.8, 4) is 5.75 Å². The summed E-state index contributed by atoms with van der Waals surface area (Å²) in [6.45, 7) is 7.53. The van der Waals surface area contributed by atoms with Gasteiger partial charge in [-0.05, 0) is 33.3 Å². The number of anilines is 3. The van der Waals surface area contributed by atoms with Crippen LogP contribution in [0.15, 0.2) is 18.3 Å². The van der Waals surface area contributed by atoms with Crippen LogP contribution in [0.4, 0.5) is 22.1 Å². The maximum atomic E-state index is 13.3. The van der Waals surface area contributed by atoms with E-state index >= 15 is 0 Å². The zero-order valence-electron chi connectivity index (χ0n) is 19.1. The second-order valence-electron chi connectivity index (χ2n) is 8.94. The number of nitrogens with one attached hydrogen (secondary N) is 1. The molecule has 5 rings (SSSR count). The second kappa shape index (κ2) is 8.37. The van der Waals surface area contributed by atoms with Crippen LogP contribution >= 0.6 is 0 Å². The number of rotatable bonds is 5. The van der Waals surface area contributed by atoms with E-state index in [2.05, 4.69) is 25.2 Å². The molecule has 3 aliphatic heterocycles. The molecule has 2 atom stereocenters. The highest BCUT2D eigenvalue weighted by Gasteiger charge is 2.42. The van der Waals surface area contributed by atoms with Crippen molar-refractivity contribution in [1.82, 2.24) is 15.0 Å². The molecule has 12 heteroatoms. The summed E-state index contributed by atoms with van der Waals surface area (Å²) in [5, 5.41) is 12.2. The van der Waals surface area contributed by atoms with Crippen LogP contribution in [0.3, 0.4) is 0 Å². The van der Waals surface area contributed by atoms with E-state index in [9.17, 15) is 14.7 Å².